The largest absolute Gasteiger partial charge is 0.261 e. The van der Waals surface area contributed by atoms with Crippen LogP contribution in [0.4, 0.5) is 0 Å². The van der Waals surface area contributed by atoms with E-state index < -0.39 is 0 Å². The van der Waals surface area contributed by atoms with Crippen LogP contribution < -0.4 is 0 Å². The lowest BCUT2D eigenvalue weighted by Crippen LogP contribution is -1.91. The summed E-state index contributed by atoms with van der Waals surface area (Å²) >= 11 is 0. The van der Waals surface area contributed by atoms with E-state index in [-0.39, 0.29) is 0 Å². The molecular weight excluding hydrogens is 997 g/mol. The fourth-order valence-corrected chi connectivity index (χ4v) is 4.79. The third-order valence-electron chi connectivity index (χ3n) is 9.49. The van der Waals surface area contributed by atoms with E-state index in [9.17, 15) is 0 Å². The number of nitrogens with zero attached hydrogens (tertiary/aromatic N) is 18. The molecule has 0 aliphatic rings. The average Bonchev–Trinajstić information content (AvgIpc) is 3.44. The zero-order valence-electron chi connectivity index (χ0n) is 50.8. The van der Waals surface area contributed by atoms with Crippen LogP contribution in [0.1, 0.15) is 114 Å². The van der Waals surface area contributed by atoms with Gasteiger partial charge < -0.3 is 0 Å². The standard InChI is InChI=1S/C8H10.2C7H9N.5C6H8N2.2C5H7N3/c1-7-3-5-8(2)6-4-7;2*1-6-3-4-7(2)8-5-6;2*1-5-3-8-6(2)4-7-5;2*1-5-3-7-6(2)8-4-5;1-5-3-4-6(2)8-7-5;2*1-4-3-6-5(2)8-7-4/h3-6H,1-2H3;2*3-5H,1-2H3;5*3-4H,1-2H3;2*3H,1-2H3. The van der Waals surface area contributed by atoms with Gasteiger partial charge in [-0.1, -0.05) is 47.5 Å². The minimum absolute atomic E-state index is 0.718. The minimum Gasteiger partial charge on any atom is -0.261 e. The molecule has 9 heterocycles. The first-order valence-corrected chi connectivity index (χ1v) is 25.7. The van der Waals surface area contributed by atoms with E-state index in [2.05, 4.69) is 141 Å². The summed E-state index contributed by atoms with van der Waals surface area (Å²) < 4.78 is 0. The summed E-state index contributed by atoms with van der Waals surface area (Å²) in [5, 5.41) is 22.6. The topological polar surface area (TPSA) is 232 Å². The van der Waals surface area contributed by atoms with E-state index in [4.69, 9.17) is 0 Å². The second-order valence-corrected chi connectivity index (χ2v) is 18.4. The van der Waals surface area contributed by atoms with Crippen LogP contribution in [0.15, 0.2) is 135 Å². The van der Waals surface area contributed by atoms with Crippen LogP contribution >= 0.6 is 0 Å². The summed E-state index contributed by atoms with van der Waals surface area (Å²) in [6.07, 6.45) is 21.4. The van der Waals surface area contributed by atoms with Crippen molar-refractivity contribution in [3.05, 3.63) is 249 Å². The molecule has 18 nitrogen and oxygen atoms in total. The van der Waals surface area contributed by atoms with Crippen molar-refractivity contribution in [2.45, 2.75) is 138 Å². The van der Waals surface area contributed by atoms with Crippen LogP contribution in [-0.2, 0) is 0 Å². The Bertz CT molecular complexity index is 2170. The van der Waals surface area contributed by atoms with E-state index in [1.807, 2.05) is 186 Å². The molecule has 0 saturated heterocycles. The van der Waals surface area contributed by atoms with E-state index in [0.29, 0.717) is 0 Å². The van der Waals surface area contributed by atoms with Crippen molar-refractivity contribution in [3.8, 4) is 0 Å². The van der Waals surface area contributed by atoms with Crippen LogP contribution in [0.3, 0.4) is 0 Å². The van der Waals surface area contributed by atoms with Gasteiger partial charge in [0.2, 0.25) is 0 Å². The maximum Gasteiger partial charge on any atom is 0.147 e. The van der Waals surface area contributed by atoms with Crippen molar-refractivity contribution in [2.24, 2.45) is 0 Å². The molecule has 0 spiro atoms. The van der Waals surface area contributed by atoms with Crippen molar-refractivity contribution in [1.29, 1.82) is 0 Å². The fourth-order valence-electron chi connectivity index (χ4n) is 4.79. The maximum atomic E-state index is 4.08. The second-order valence-electron chi connectivity index (χ2n) is 18.4. The molecule has 10 aromatic rings. The highest BCUT2D eigenvalue weighted by molar-refractivity contribution is 5.19. The van der Waals surface area contributed by atoms with Crippen LogP contribution in [0.25, 0.3) is 0 Å². The zero-order chi connectivity index (χ0) is 59.8. The number of aryl methyl sites for hydroxylation is 20. The summed E-state index contributed by atoms with van der Waals surface area (Å²) in [5.41, 5.74) is 17.0. The van der Waals surface area contributed by atoms with Gasteiger partial charge in [0, 0.05) is 73.4 Å². The molecule has 0 fully saturated rings. The molecule has 0 N–H and O–H groups in total. The van der Waals surface area contributed by atoms with Crippen molar-refractivity contribution in [3.63, 3.8) is 0 Å². The summed E-state index contributed by atoms with van der Waals surface area (Å²) in [5.74, 6) is 3.09. The fraction of sp³-hybridized carbons (Fsp3) is 0.323. The first kappa shape index (κ1) is 69.0. The van der Waals surface area contributed by atoms with Gasteiger partial charge >= 0.3 is 0 Å². The van der Waals surface area contributed by atoms with Crippen LogP contribution in [0.5, 0.6) is 0 Å². The first-order chi connectivity index (χ1) is 37.9. The second kappa shape index (κ2) is 40.2. The number of rotatable bonds is 0. The lowest BCUT2D eigenvalue weighted by molar-refractivity contribution is 0.874. The van der Waals surface area contributed by atoms with Gasteiger partial charge in [-0.05, 0) is 185 Å². The van der Waals surface area contributed by atoms with E-state index in [1.54, 1.807) is 37.2 Å². The molecular formula is C62H82N18. The Hall–Kier alpha value is -9.06. The Kier molecular flexibility index (Phi) is 34.6. The summed E-state index contributed by atoms with van der Waals surface area (Å²) in [7, 11) is 0. The van der Waals surface area contributed by atoms with Gasteiger partial charge in [-0.3, -0.25) is 29.9 Å². The zero-order valence-corrected chi connectivity index (χ0v) is 50.8. The predicted octanol–water partition coefficient (Wildman–Crippen LogP) is 12.1. The maximum absolute atomic E-state index is 4.08. The third kappa shape index (κ3) is 38.5. The number of hydrogen-bond acceptors (Lipinski definition) is 18. The van der Waals surface area contributed by atoms with Gasteiger partial charge in [0.1, 0.15) is 23.3 Å². The number of pyridine rings is 2. The molecule has 0 atom stereocenters. The van der Waals surface area contributed by atoms with Crippen molar-refractivity contribution >= 4 is 0 Å². The predicted molar refractivity (Wildman–Crippen MR) is 319 cm³/mol. The van der Waals surface area contributed by atoms with Crippen LogP contribution in [0, 0.1) is 138 Å². The highest BCUT2D eigenvalue weighted by Gasteiger charge is 1.89. The molecule has 0 bridgehead atoms. The normalized spacial score (nSPS) is 9.25. The molecule has 0 aliphatic carbocycles. The quantitative estimate of drug-likeness (QED) is 0.137. The first-order valence-electron chi connectivity index (χ1n) is 25.7. The Morgan fingerprint density at radius 2 is 0.362 bits per heavy atom. The lowest BCUT2D eigenvalue weighted by Gasteiger charge is -1.90. The Labute approximate surface area is 475 Å². The van der Waals surface area contributed by atoms with Crippen LogP contribution in [-0.4, -0.2) is 90.4 Å². The van der Waals surface area contributed by atoms with Gasteiger partial charge in [0.25, 0.3) is 0 Å². The van der Waals surface area contributed by atoms with Gasteiger partial charge in [-0.15, -0.1) is 10.2 Å². The molecule has 0 saturated carbocycles. The minimum atomic E-state index is 0.718. The summed E-state index contributed by atoms with van der Waals surface area (Å²) in [6, 6.07) is 20.5. The Morgan fingerprint density at radius 1 is 0.150 bits per heavy atom. The Morgan fingerprint density at radius 3 is 0.550 bits per heavy atom. The highest BCUT2D eigenvalue weighted by atomic mass is 15.2. The Balaban J connectivity index is 0.000000444. The van der Waals surface area contributed by atoms with Gasteiger partial charge in [0.05, 0.1) is 57.9 Å². The lowest BCUT2D eigenvalue weighted by atomic mass is 10.2. The van der Waals surface area contributed by atoms with Crippen molar-refractivity contribution in [1.82, 2.24) is 90.4 Å². The number of aromatic nitrogens is 18. The van der Waals surface area contributed by atoms with E-state index in [0.717, 1.165) is 91.4 Å². The average molecular weight is 1080 g/mol. The van der Waals surface area contributed by atoms with E-state index >= 15 is 0 Å². The smallest absolute Gasteiger partial charge is 0.147 e. The van der Waals surface area contributed by atoms with Gasteiger partial charge in [0.15, 0.2) is 0 Å². The molecule has 1 aromatic carbocycles. The molecule has 420 valence electrons. The monoisotopic (exact) mass is 1080 g/mol. The van der Waals surface area contributed by atoms with Crippen molar-refractivity contribution in [2.75, 3.05) is 0 Å². The van der Waals surface area contributed by atoms with Crippen LogP contribution in [0.2, 0.25) is 0 Å². The molecule has 18 heteroatoms. The van der Waals surface area contributed by atoms with Gasteiger partial charge in [-0.25, -0.2) is 29.9 Å². The molecule has 0 unspecified atom stereocenters. The molecule has 0 amide bonds. The molecule has 0 radical (unpaired) electrons. The molecule has 10 rings (SSSR count). The highest BCUT2D eigenvalue weighted by Crippen LogP contribution is 2.00. The van der Waals surface area contributed by atoms with E-state index in [1.165, 1.54) is 22.3 Å². The summed E-state index contributed by atoms with van der Waals surface area (Å²) in [6.45, 7) is 38.8. The SMILES string of the molecule is Cc1ccc(C)cc1.Cc1ccc(C)nc1.Cc1ccc(C)nc1.Cc1ccc(C)nn1.Cc1cnc(C)cn1.Cc1cnc(C)cn1.Cc1cnc(C)nc1.Cc1cnc(C)nc1.Cc1cnc(C)nn1.Cc1cnc(C)nn1. The third-order valence-corrected chi connectivity index (χ3v) is 9.49. The molecule has 0 aliphatic heterocycles. The number of benzene rings is 1. The van der Waals surface area contributed by atoms with Gasteiger partial charge in [-0.2, -0.15) is 20.4 Å². The molecule has 80 heavy (non-hydrogen) atoms. The summed E-state index contributed by atoms with van der Waals surface area (Å²) in [4.78, 5) is 47.9. The number of hydrogen-bond donors (Lipinski definition) is 0. The molecule has 9 aromatic heterocycles. The van der Waals surface area contributed by atoms with Crippen molar-refractivity contribution < 1.29 is 0 Å².